The van der Waals surface area contributed by atoms with Crippen molar-refractivity contribution in [3.8, 4) is 0 Å². The summed E-state index contributed by atoms with van der Waals surface area (Å²) in [6.07, 6.45) is 7.21. The van der Waals surface area contributed by atoms with Gasteiger partial charge in [0.05, 0.1) is 5.56 Å². The highest BCUT2D eigenvalue weighted by Crippen LogP contribution is 2.14. The van der Waals surface area contributed by atoms with Crippen LogP contribution in [-0.2, 0) is 13.0 Å². The van der Waals surface area contributed by atoms with Gasteiger partial charge in [-0.2, -0.15) is 0 Å². The van der Waals surface area contributed by atoms with E-state index in [9.17, 15) is 4.79 Å². The second-order valence-electron chi connectivity index (χ2n) is 5.50. The number of aryl methyl sites for hydroxylation is 1. The molecule has 110 valence electrons. The standard InChI is InChI=1S/C15H19N5O/c1-19(2)13-5-3-11(9-17-13)15(21)18-12-4-6-14-16-7-8-20(14)10-12/h3,5,7-9,12H,4,6,10H2,1-2H3,(H,18,21). The minimum atomic E-state index is -0.0682. The number of imidazole rings is 1. The van der Waals surface area contributed by atoms with Crippen LogP contribution in [0.5, 0.6) is 0 Å². The highest BCUT2D eigenvalue weighted by molar-refractivity contribution is 5.94. The number of carbonyl (C=O) groups is 1. The Morgan fingerprint density at radius 2 is 2.24 bits per heavy atom. The number of rotatable bonds is 3. The van der Waals surface area contributed by atoms with Crippen LogP contribution in [0, 0.1) is 0 Å². The number of carbonyl (C=O) groups excluding carboxylic acids is 1. The molecule has 6 nitrogen and oxygen atoms in total. The third-order valence-corrected chi connectivity index (χ3v) is 3.74. The smallest absolute Gasteiger partial charge is 0.253 e. The number of nitrogens with zero attached hydrogens (tertiary/aromatic N) is 4. The molecule has 0 saturated carbocycles. The van der Waals surface area contributed by atoms with E-state index in [0.29, 0.717) is 5.56 Å². The van der Waals surface area contributed by atoms with Crippen LogP contribution in [0.2, 0.25) is 0 Å². The molecule has 3 heterocycles. The molecule has 0 bridgehead atoms. The molecule has 2 aromatic heterocycles. The summed E-state index contributed by atoms with van der Waals surface area (Å²) in [7, 11) is 3.85. The largest absolute Gasteiger partial charge is 0.363 e. The van der Waals surface area contributed by atoms with Crippen molar-refractivity contribution in [1.82, 2.24) is 19.9 Å². The summed E-state index contributed by atoms with van der Waals surface area (Å²) < 4.78 is 2.10. The van der Waals surface area contributed by atoms with Crippen LogP contribution in [0.1, 0.15) is 22.6 Å². The van der Waals surface area contributed by atoms with Crippen molar-refractivity contribution in [3.63, 3.8) is 0 Å². The molecule has 3 rings (SSSR count). The molecule has 1 amide bonds. The van der Waals surface area contributed by atoms with Gasteiger partial charge in [0.1, 0.15) is 11.6 Å². The minimum Gasteiger partial charge on any atom is -0.363 e. The fourth-order valence-corrected chi connectivity index (χ4v) is 2.54. The monoisotopic (exact) mass is 285 g/mol. The highest BCUT2D eigenvalue weighted by atomic mass is 16.1. The van der Waals surface area contributed by atoms with Crippen LogP contribution < -0.4 is 10.2 Å². The van der Waals surface area contributed by atoms with Gasteiger partial charge in [-0.15, -0.1) is 0 Å². The number of fused-ring (bicyclic) bond motifs is 1. The molecule has 1 N–H and O–H groups in total. The van der Waals surface area contributed by atoms with Gasteiger partial charge in [0, 0.05) is 51.7 Å². The summed E-state index contributed by atoms with van der Waals surface area (Å²) >= 11 is 0. The zero-order valence-electron chi connectivity index (χ0n) is 12.3. The molecular formula is C15H19N5O. The molecule has 6 heteroatoms. The predicted octanol–water partition coefficient (Wildman–Crippen LogP) is 1.09. The number of amides is 1. The van der Waals surface area contributed by atoms with Crippen LogP contribution in [0.25, 0.3) is 0 Å². The summed E-state index contributed by atoms with van der Waals surface area (Å²) in [6, 6.07) is 3.81. The van der Waals surface area contributed by atoms with Crippen LogP contribution in [0.3, 0.4) is 0 Å². The Morgan fingerprint density at radius 3 is 2.95 bits per heavy atom. The molecule has 2 aromatic rings. The number of aromatic nitrogens is 3. The van der Waals surface area contributed by atoms with Gasteiger partial charge in [-0.3, -0.25) is 4.79 Å². The van der Waals surface area contributed by atoms with E-state index in [0.717, 1.165) is 31.0 Å². The first-order valence-corrected chi connectivity index (χ1v) is 7.08. The number of nitrogens with one attached hydrogen (secondary N) is 1. The van der Waals surface area contributed by atoms with E-state index in [1.165, 1.54) is 0 Å². The third-order valence-electron chi connectivity index (χ3n) is 3.74. The molecule has 0 aliphatic carbocycles. The van der Waals surface area contributed by atoms with Gasteiger partial charge in [-0.1, -0.05) is 0 Å². The van der Waals surface area contributed by atoms with E-state index in [4.69, 9.17) is 0 Å². The van der Waals surface area contributed by atoms with E-state index in [-0.39, 0.29) is 11.9 Å². The fraction of sp³-hybridized carbons (Fsp3) is 0.400. The van der Waals surface area contributed by atoms with Crippen molar-refractivity contribution >= 4 is 11.7 Å². The molecule has 0 fully saturated rings. The van der Waals surface area contributed by atoms with Crippen LogP contribution in [0.15, 0.2) is 30.7 Å². The second-order valence-corrected chi connectivity index (χ2v) is 5.50. The van der Waals surface area contributed by atoms with E-state index in [1.54, 1.807) is 6.20 Å². The average Bonchev–Trinajstić information content (AvgIpc) is 2.95. The summed E-state index contributed by atoms with van der Waals surface area (Å²) in [4.78, 5) is 22.7. The molecule has 0 aromatic carbocycles. The third kappa shape index (κ3) is 2.89. The van der Waals surface area contributed by atoms with Crippen molar-refractivity contribution in [3.05, 3.63) is 42.1 Å². The molecule has 0 spiro atoms. The summed E-state index contributed by atoms with van der Waals surface area (Å²) in [5.41, 5.74) is 0.594. The summed E-state index contributed by atoms with van der Waals surface area (Å²) in [5, 5.41) is 3.07. The Kier molecular flexibility index (Phi) is 3.60. The lowest BCUT2D eigenvalue weighted by Gasteiger charge is -2.24. The first-order chi connectivity index (χ1) is 10.1. The molecule has 1 aliphatic heterocycles. The lowest BCUT2D eigenvalue weighted by atomic mass is 10.1. The Bertz CT molecular complexity index is 632. The lowest BCUT2D eigenvalue weighted by Crippen LogP contribution is -2.40. The number of pyridine rings is 1. The predicted molar refractivity (Wildman–Crippen MR) is 80.4 cm³/mol. The van der Waals surface area contributed by atoms with Crippen LogP contribution in [0.4, 0.5) is 5.82 Å². The maximum Gasteiger partial charge on any atom is 0.253 e. The van der Waals surface area contributed by atoms with Crippen molar-refractivity contribution in [2.75, 3.05) is 19.0 Å². The normalized spacial score (nSPS) is 17.1. The molecule has 1 atom stereocenters. The topological polar surface area (TPSA) is 63.1 Å². The first kappa shape index (κ1) is 13.6. The molecule has 1 unspecified atom stereocenters. The Labute approximate surface area is 123 Å². The number of hydrogen-bond acceptors (Lipinski definition) is 4. The molecule has 0 radical (unpaired) electrons. The van der Waals surface area contributed by atoms with E-state index >= 15 is 0 Å². The van der Waals surface area contributed by atoms with E-state index in [2.05, 4.69) is 19.9 Å². The van der Waals surface area contributed by atoms with Gasteiger partial charge in [0.25, 0.3) is 5.91 Å². The Hall–Kier alpha value is -2.37. The average molecular weight is 285 g/mol. The van der Waals surface area contributed by atoms with Gasteiger partial charge in [0.15, 0.2) is 0 Å². The van der Waals surface area contributed by atoms with Crippen molar-refractivity contribution < 1.29 is 4.79 Å². The SMILES string of the molecule is CN(C)c1ccc(C(=O)NC2CCc3nccn3C2)cn1. The van der Waals surface area contributed by atoms with E-state index < -0.39 is 0 Å². The van der Waals surface area contributed by atoms with Gasteiger partial charge in [-0.05, 0) is 18.6 Å². The first-order valence-electron chi connectivity index (χ1n) is 7.08. The fourth-order valence-electron chi connectivity index (χ4n) is 2.54. The highest BCUT2D eigenvalue weighted by Gasteiger charge is 2.20. The summed E-state index contributed by atoms with van der Waals surface area (Å²) in [5.74, 6) is 1.87. The maximum atomic E-state index is 12.3. The van der Waals surface area contributed by atoms with E-state index in [1.807, 2.05) is 43.5 Å². The van der Waals surface area contributed by atoms with Crippen LogP contribution in [-0.4, -0.2) is 40.6 Å². The van der Waals surface area contributed by atoms with Gasteiger partial charge >= 0.3 is 0 Å². The van der Waals surface area contributed by atoms with Gasteiger partial charge < -0.3 is 14.8 Å². The zero-order chi connectivity index (χ0) is 14.8. The quantitative estimate of drug-likeness (QED) is 0.917. The molecule has 0 saturated heterocycles. The molecule has 1 aliphatic rings. The molecule has 21 heavy (non-hydrogen) atoms. The zero-order valence-corrected chi connectivity index (χ0v) is 12.3. The minimum absolute atomic E-state index is 0.0682. The number of hydrogen-bond donors (Lipinski definition) is 1. The Morgan fingerprint density at radius 1 is 1.38 bits per heavy atom. The lowest BCUT2D eigenvalue weighted by molar-refractivity contribution is 0.0927. The van der Waals surface area contributed by atoms with Gasteiger partial charge in [0.2, 0.25) is 0 Å². The van der Waals surface area contributed by atoms with Crippen molar-refractivity contribution in [2.45, 2.75) is 25.4 Å². The van der Waals surface area contributed by atoms with Crippen LogP contribution >= 0.6 is 0 Å². The molecular weight excluding hydrogens is 266 g/mol. The Balaban J connectivity index is 1.64. The van der Waals surface area contributed by atoms with Crippen molar-refractivity contribution in [1.29, 1.82) is 0 Å². The van der Waals surface area contributed by atoms with Gasteiger partial charge in [-0.25, -0.2) is 9.97 Å². The summed E-state index contributed by atoms with van der Waals surface area (Å²) in [6.45, 7) is 0.782. The second kappa shape index (κ2) is 5.55. The maximum absolute atomic E-state index is 12.3. The number of anilines is 1. The van der Waals surface area contributed by atoms with Crippen molar-refractivity contribution in [2.24, 2.45) is 0 Å².